The maximum Gasteiger partial charge on any atom is 0.433 e. The molecule has 1 atom stereocenters. The van der Waals surface area contributed by atoms with Crippen molar-refractivity contribution in [1.29, 1.82) is 0 Å². The zero-order chi connectivity index (χ0) is 14.8. The first-order valence-electron chi connectivity index (χ1n) is 7.44. The van der Waals surface area contributed by atoms with Gasteiger partial charge < -0.3 is 14.6 Å². The van der Waals surface area contributed by atoms with E-state index in [4.69, 9.17) is 4.42 Å². The standard InChI is InChI=1S/C14H19N3O4/c18-14(12-6-7-13(21-12)17(19)20)16(11-4-5-11)9-10-3-1-2-8-15-10/h6-7,10-11,15H,1-5,8-9H2. The molecule has 7 heteroatoms. The second-order valence-corrected chi connectivity index (χ2v) is 5.73. The molecule has 1 saturated carbocycles. The van der Waals surface area contributed by atoms with E-state index in [2.05, 4.69) is 5.32 Å². The average Bonchev–Trinajstić information content (AvgIpc) is 3.20. The maximum atomic E-state index is 12.5. The Labute approximate surface area is 122 Å². The summed E-state index contributed by atoms with van der Waals surface area (Å²) in [4.78, 5) is 24.4. The molecule has 7 nitrogen and oxygen atoms in total. The van der Waals surface area contributed by atoms with Crippen LogP contribution in [0.25, 0.3) is 0 Å². The van der Waals surface area contributed by atoms with Gasteiger partial charge in [0.25, 0.3) is 5.91 Å². The molecule has 1 unspecified atom stereocenters. The van der Waals surface area contributed by atoms with Crippen molar-refractivity contribution in [2.75, 3.05) is 13.1 Å². The van der Waals surface area contributed by atoms with Crippen molar-refractivity contribution in [3.8, 4) is 0 Å². The molecule has 2 heterocycles. The van der Waals surface area contributed by atoms with E-state index in [1.165, 1.54) is 25.0 Å². The first-order valence-corrected chi connectivity index (χ1v) is 7.44. The van der Waals surface area contributed by atoms with Gasteiger partial charge in [-0.1, -0.05) is 6.42 Å². The minimum absolute atomic E-state index is 0.0596. The number of amides is 1. The monoisotopic (exact) mass is 293 g/mol. The highest BCUT2D eigenvalue weighted by atomic mass is 16.6. The Hall–Kier alpha value is -1.89. The smallest absolute Gasteiger partial charge is 0.395 e. The quantitative estimate of drug-likeness (QED) is 0.662. The van der Waals surface area contributed by atoms with Gasteiger partial charge in [0.05, 0.1) is 6.07 Å². The largest absolute Gasteiger partial charge is 0.433 e. The van der Waals surface area contributed by atoms with Crippen LogP contribution in [0.4, 0.5) is 5.88 Å². The number of nitro groups is 1. The molecule has 1 aliphatic carbocycles. The molecule has 3 rings (SSSR count). The summed E-state index contributed by atoms with van der Waals surface area (Å²) in [5.74, 6) is -0.563. The third-order valence-corrected chi connectivity index (χ3v) is 4.06. The fourth-order valence-corrected chi connectivity index (χ4v) is 2.78. The van der Waals surface area contributed by atoms with Crippen molar-refractivity contribution in [2.45, 2.75) is 44.2 Å². The molecular formula is C14H19N3O4. The van der Waals surface area contributed by atoms with Crippen molar-refractivity contribution in [3.63, 3.8) is 0 Å². The van der Waals surface area contributed by atoms with E-state index in [-0.39, 0.29) is 23.6 Å². The van der Waals surface area contributed by atoms with E-state index in [1.807, 2.05) is 4.90 Å². The van der Waals surface area contributed by atoms with Crippen LogP contribution in [0.15, 0.2) is 16.5 Å². The Bertz CT molecular complexity index is 532. The van der Waals surface area contributed by atoms with E-state index in [9.17, 15) is 14.9 Å². The lowest BCUT2D eigenvalue weighted by Crippen LogP contribution is -2.46. The van der Waals surface area contributed by atoms with Gasteiger partial charge in [0.15, 0.2) is 5.76 Å². The van der Waals surface area contributed by atoms with Crippen molar-refractivity contribution in [3.05, 3.63) is 28.0 Å². The van der Waals surface area contributed by atoms with Gasteiger partial charge in [-0.15, -0.1) is 0 Å². The maximum absolute atomic E-state index is 12.5. The molecule has 1 saturated heterocycles. The number of furan rings is 1. The predicted molar refractivity (Wildman–Crippen MR) is 75.1 cm³/mol. The highest BCUT2D eigenvalue weighted by Gasteiger charge is 2.36. The molecule has 1 aliphatic heterocycles. The SMILES string of the molecule is O=C(c1ccc([N+](=O)[O-])o1)N(CC1CCCCN1)C1CC1. The van der Waals surface area contributed by atoms with Gasteiger partial charge in [-0.3, -0.25) is 14.9 Å². The molecule has 1 amide bonds. The second-order valence-electron chi connectivity index (χ2n) is 5.73. The number of piperidine rings is 1. The van der Waals surface area contributed by atoms with Crippen LogP contribution < -0.4 is 5.32 Å². The third kappa shape index (κ3) is 3.24. The molecule has 114 valence electrons. The molecule has 0 bridgehead atoms. The van der Waals surface area contributed by atoms with Crippen LogP contribution in [0.5, 0.6) is 0 Å². The lowest BCUT2D eigenvalue weighted by atomic mass is 10.0. The third-order valence-electron chi connectivity index (χ3n) is 4.06. The molecule has 1 aromatic heterocycles. The van der Waals surface area contributed by atoms with E-state index in [0.717, 1.165) is 25.8 Å². The Morgan fingerprint density at radius 3 is 2.76 bits per heavy atom. The Kier molecular flexibility index (Phi) is 3.92. The Morgan fingerprint density at radius 1 is 1.38 bits per heavy atom. The van der Waals surface area contributed by atoms with Gasteiger partial charge in [-0.25, -0.2) is 0 Å². The Balaban J connectivity index is 1.70. The van der Waals surface area contributed by atoms with Crippen LogP contribution in [0.3, 0.4) is 0 Å². The van der Waals surface area contributed by atoms with Gasteiger partial charge >= 0.3 is 5.88 Å². The van der Waals surface area contributed by atoms with Gasteiger partial charge in [0.1, 0.15) is 4.92 Å². The summed E-state index contributed by atoms with van der Waals surface area (Å²) in [5, 5.41) is 14.1. The minimum Gasteiger partial charge on any atom is -0.395 e. The summed E-state index contributed by atoms with van der Waals surface area (Å²) in [6.07, 6.45) is 5.42. The fourth-order valence-electron chi connectivity index (χ4n) is 2.78. The van der Waals surface area contributed by atoms with E-state index < -0.39 is 4.92 Å². The zero-order valence-corrected chi connectivity index (χ0v) is 11.8. The zero-order valence-electron chi connectivity index (χ0n) is 11.8. The van der Waals surface area contributed by atoms with Crippen molar-refractivity contribution in [2.24, 2.45) is 0 Å². The molecule has 2 fully saturated rings. The molecule has 1 N–H and O–H groups in total. The molecule has 0 spiro atoms. The summed E-state index contributed by atoms with van der Waals surface area (Å²) in [6.45, 7) is 1.64. The summed E-state index contributed by atoms with van der Waals surface area (Å²) in [6, 6.07) is 3.19. The number of hydrogen-bond acceptors (Lipinski definition) is 5. The van der Waals surface area contributed by atoms with Crippen LogP contribution in [0.1, 0.15) is 42.7 Å². The van der Waals surface area contributed by atoms with Crippen LogP contribution in [0.2, 0.25) is 0 Å². The molecular weight excluding hydrogens is 274 g/mol. The van der Waals surface area contributed by atoms with E-state index in [0.29, 0.717) is 12.6 Å². The summed E-state index contributed by atoms with van der Waals surface area (Å²) in [7, 11) is 0. The highest BCUT2D eigenvalue weighted by Crippen LogP contribution is 2.30. The number of hydrogen-bond donors (Lipinski definition) is 1. The van der Waals surface area contributed by atoms with Crippen molar-refractivity contribution in [1.82, 2.24) is 10.2 Å². The molecule has 0 radical (unpaired) electrons. The topological polar surface area (TPSA) is 88.6 Å². The molecule has 0 aromatic carbocycles. The fraction of sp³-hybridized carbons (Fsp3) is 0.643. The molecule has 1 aromatic rings. The number of nitrogens with zero attached hydrogens (tertiary/aromatic N) is 2. The van der Waals surface area contributed by atoms with Crippen LogP contribution in [0, 0.1) is 10.1 Å². The van der Waals surface area contributed by atoms with E-state index >= 15 is 0 Å². The van der Waals surface area contributed by atoms with Crippen LogP contribution in [-0.2, 0) is 0 Å². The normalized spacial score (nSPS) is 22.0. The second kappa shape index (κ2) is 5.85. The lowest BCUT2D eigenvalue weighted by Gasteiger charge is -2.30. The number of rotatable bonds is 5. The first kappa shape index (κ1) is 14.1. The van der Waals surface area contributed by atoms with Crippen molar-refractivity contribution < 1.29 is 14.1 Å². The molecule has 21 heavy (non-hydrogen) atoms. The Morgan fingerprint density at radius 2 is 2.19 bits per heavy atom. The van der Waals surface area contributed by atoms with Gasteiger partial charge in [0.2, 0.25) is 0 Å². The number of carbonyl (C=O) groups is 1. The summed E-state index contributed by atoms with van der Waals surface area (Å²) in [5.41, 5.74) is 0. The van der Waals surface area contributed by atoms with Crippen molar-refractivity contribution >= 4 is 11.8 Å². The highest BCUT2D eigenvalue weighted by molar-refractivity contribution is 5.92. The predicted octanol–water partition coefficient (Wildman–Crippen LogP) is 1.93. The van der Waals surface area contributed by atoms with Crippen LogP contribution >= 0.6 is 0 Å². The average molecular weight is 293 g/mol. The minimum atomic E-state index is -0.624. The van der Waals surface area contributed by atoms with E-state index in [1.54, 1.807) is 0 Å². The lowest BCUT2D eigenvalue weighted by molar-refractivity contribution is -0.402. The first-order chi connectivity index (χ1) is 10.1. The van der Waals surface area contributed by atoms with Gasteiger partial charge in [0, 0.05) is 18.6 Å². The number of carbonyl (C=O) groups excluding carboxylic acids is 1. The van der Waals surface area contributed by atoms with Crippen LogP contribution in [-0.4, -0.2) is 40.9 Å². The number of nitrogens with one attached hydrogen (secondary N) is 1. The van der Waals surface area contributed by atoms with Gasteiger partial charge in [-0.05, 0) is 38.3 Å². The summed E-state index contributed by atoms with van der Waals surface area (Å²) < 4.78 is 5.04. The molecule has 2 aliphatic rings. The summed E-state index contributed by atoms with van der Waals surface area (Å²) >= 11 is 0. The van der Waals surface area contributed by atoms with Gasteiger partial charge in [-0.2, -0.15) is 0 Å².